The highest BCUT2D eigenvalue weighted by atomic mass is 19.4. The smallest absolute Gasteiger partial charge is 0.313 e. The second kappa shape index (κ2) is 6.34. The van der Waals surface area contributed by atoms with E-state index < -0.39 is 23.5 Å². The van der Waals surface area contributed by atoms with Crippen molar-refractivity contribution in [2.24, 2.45) is 0 Å². The molecule has 0 bridgehead atoms. The van der Waals surface area contributed by atoms with E-state index in [1.165, 1.54) is 6.07 Å². The van der Waals surface area contributed by atoms with Gasteiger partial charge in [0.25, 0.3) is 0 Å². The highest BCUT2D eigenvalue weighted by molar-refractivity contribution is 5.93. The molecule has 0 radical (unpaired) electrons. The number of Topliss-reactive ketones (excluding diaryl/α,β-unsaturated/α-hetero) is 1. The quantitative estimate of drug-likeness (QED) is 0.626. The number of carbonyl (C=O) groups excluding carboxylic acids is 1. The van der Waals surface area contributed by atoms with Gasteiger partial charge in [-0.05, 0) is 17.7 Å². The number of benzene rings is 1. The number of nitrogens with one attached hydrogen (secondary N) is 2. The average Bonchev–Trinajstić information content (AvgIpc) is 3.23. The maximum Gasteiger partial charge on any atom is 0.419 e. The maximum atomic E-state index is 13.4. The van der Waals surface area contributed by atoms with Gasteiger partial charge < -0.3 is 10.6 Å². The van der Waals surface area contributed by atoms with Crippen LogP contribution in [0.3, 0.4) is 0 Å². The van der Waals surface area contributed by atoms with Gasteiger partial charge in [0.1, 0.15) is 5.82 Å². The molecule has 122 valence electrons. The first-order chi connectivity index (χ1) is 10.2. The third-order valence-electron chi connectivity index (χ3n) is 3.52. The summed E-state index contributed by atoms with van der Waals surface area (Å²) >= 11 is 0. The van der Waals surface area contributed by atoms with Crippen LogP contribution in [-0.2, 0) is 11.0 Å². The van der Waals surface area contributed by atoms with Crippen LogP contribution in [0.15, 0.2) is 18.2 Å². The van der Waals surface area contributed by atoms with Crippen molar-refractivity contribution in [2.45, 2.75) is 38.0 Å². The molecule has 2 atom stereocenters. The van der Waals surface area contributed by atoms with Crippen molar-refractivity contribution in [3.63, 3.8) is 0 Å². The molecule has 1 aliphatic rings. The van der Waals surface area contributed by atoms with E-state index in [4.69, 9.17) is 0 Å². The van der Waals surface area contributed by atoms with Crippen LogP contribution in [0.2, 0.25) is 0 Å². The first-order valence-electron chi connectivity index (χ1n) is 7.07. The van der Waals surface area contributed by atoms with Gasteiger partial charge in [0.2, 0.25) is 0 Å². The molecule has 3 nitrogen and oxygen atoms in total. The molecule has 2 N–H and O–H groups in total. The van der Waals surface area contributed by atoms with Crippen LogP contribution in [-0.4, -0.2) is 31.0 Å². The Morgan fingerprint density at radius 1 is 1.41 bits per heavy atom. The number of ketones is 1. The van der Waals surface area contributed by atoms with Crippen molar-refractivity contribution < 1.29 is 22.4 Å². The van der Waals surface area contributed by atoms with Crippen LogP contribution in [0.4, 0.5) is 17.6 Å². The minimum atomic E-state index is -4.78. The van der Waals surface area contributed by atoms with Crippen molar-refractivity contribution >= 4 is 5.78 Å². The largest absolute Gasteiger partial charge is 0.419 e. The van der Waals surface area contributed by atoms with E-state index in [0.717, 1.165) is 12.1 Å². The molecule has 22 heavy (non-hydrogen) atoms. The molecule has 0 aliphatic carbocycles. The van der Waals surface area contributed by atoms with Crippen molar-refractivity contribution in [1.29, 1.82) is 0 Å². The van der Waals surface area contributed by atoms with Crippen molar-refractivity contribution in [2.75, 3.05) is 13.1 Å². The molecule has 1 aromatic carbocycles. The zero-order valence-corrected chi connectivity index (χ0v) is 12.3. The SMILES string of the molecule is CC(C)NC[C@@H](C(=O)C1CN1)c1ccc(F)c(C(F)(F)F)c1. The second-order valence-corrected chi connectivity index (χ2v) is 5.72. The number of hydrogen-bond donors (Lipinski definition) is 2. The molecule has 1 saturated heterocycles. The Hall–Kier alpha value is -1.47. The highest BCUT2D eigenvalue weighted by Gasteiger charge is 2.38. The third kappa shape index (κ3) is 4.04. The molecule has 0 aromatic heterocycles. The molecule has 1 aromatic rings. The zero-order valence-electron chi connectivity index (χ0n) is 12.3. The van der Waals surface area contributed by atoms with Crippen LogP contribution in [0, 0.1) is 5.82 Å². The lowest BCUT2D eigenvalue weighted by Gasteiger charge is -2.20. The Bertz CT molecular complexity index is 553. The molecule has 1 fully saturated rings. The molecule has 1 unspecified atom stereocenters. The summed E-state index contributed by atoms with van der Waals surface area (Å²) in [6.07, 6.45) is -4.78. The van der Waals surface area contributed by atoms with Gasteiger partial charge >= 0.3 is 6.18 Å². The van der Waals surface area contributed by atoms with E-state index in [9.17, 15) is 22.4 Å². The molecule has 0 spiro atoms. The fourth-order valence-corrected chi connectivity index (χ4v) is 2.22. The van der Waals surface area contributed by atoms with Crippen molar-refractivity contribution in [3.05, 3.63) is 35.1 Å². The van der Waals surface area contributed by atoms with Crippen LogP contribution < -0.4 is 10.6 Å². The zero-order chi connectivity index (χ0) is 16.5. The van der Waals surface area contributed by atoms with Crippen molar-refractivity contribution in [3.8, 4) is 0 Å². The number of halogens is 4. The minimum absolute atomic E-state index is 0.0880. The lowest BCUT2D eigenvalue weighted by atomic mass is 9.91. The van der Waals surface area contributed by atoms with Gasteiger partial charge in [0.15, 0.2) is 5.78 Å². The topological polar surface area (TPSA) is 51.0 Å². The molecule has 0 saturated carbocycles. The summed E-state index contributed by atoms with van der Waals surface area (Å²) in [6, 6.07) is 2.52. The Balaban J connectivity index is 2.32. The maximum absolute atomic E-state index is 13.4. The third-order valence-corrected chi connectivity index (χ3v) is 3.52. The summed E-state index contributed by atoms with van der Waals surface area (Å²) < 4.78 is 51.9. The standard InChI is InChI=1S/C15H18F4N2O/c1-8(2)20-6-10(14(22)13-7-21-13)9-3-4-12(16)11(5-9)15(17,18)19/h3-5,8,10,13,20-21H,6-7H2,1-2H3/t10-,13?/m1/s1. The predicted octanol–water partition coefficient (Wildman–Crippen LogP) is 2.47. The van der Waals surface area contributed by atoms with Gasteiger partial charge in [0.05, 0.1) is 17.5 Å². The van der Waals surface area contributed by atoms with Crippen LogP contribution >= 0.6 is 0 Å². The van der Waals surface area contributed by atoms with Gasteiger partial charge in [-0.3, -0.25) is 4.79 Å². The molecular weight excluding hydrogens is 300 g/mol. The van der Waals surface area contributed by atoms with E-state index >= 15 is 0 Å². The lowest BCUT2D eigenvalue weighted by molar-refractivity contribution is -0.140. The molecule has 2 rings (SSSR count). The fourth-order valence-electron chi connectivity index (χ4n) is 2.22. The Morgan fingerprint density at radius 2 is 2.05 bits per heavy atom. The number of alkyl halides is 3. The summed E-state index contributed by atoms with van der Waals surface area (Å²) in [5.41, 5.74) is -1.16. The van der Waals surface area contributed by atoms with Gasteiger partial charge in [-0.1, -0.05) is 19.9 Å². The van der Waals surface area contributed by atoms with E-state index in [0.29, 0.717) is 6.54 Å². The summed E-state index contributed by atoms with van der Waals surface area (Å²) in [7, 11) is 0. The van der Waals surface area contributed by atoms with Gasteiger partial charge in [0, 0.05) is 19.1 Å². The van der Waals surface area contributed by atoms with Crippen LogP contribution in [0.1, 0.15) is 30.9 Å². The summed E-state index contributed by atoms with van der Waals surface area (Å²) in [5.74, 6) is -2.24. The Morgan fingerprint density at radius 3 is 2.55 bits per heavy atom. The fraction of sp³-hybridized carbons (Fsp3) is 0.533. The molecule has 1 aliphatic heterocycles. The first kappa shape index (κ1) is 16.9. The highest BCUT2D eigenvalue weighted by Crippen LogP contribution is 2.34. The first-order valence-corrected chi connectivity index (χ1v) is 7.07. The summed E-state index contributed by atoms with van der Waals surface area (Å²) in [4.78, 5) is 12.3. The van der Waals surface area contributed by atoms with Gasteiger partial charge in [-0.25, -0.2) is 4.39 Å². The minimum Gasteiger partial charge on any atom is -0.313 e. The second-order valence-electron chi connectivity index (χ2n) is 5.72. The van der Waals surface area contributed by atoms with Crippen LogP contribution in [0.25, 0.3) is 0 Å². The van der Waals surface area contributed by atoms with Gasteiger partial charge in [-0.2, -0.15) is 13.2 Å². The number of hydrogen-bond acceptors (Lipinski definition) is 3. The van der Waals surface area contributed by atoms with E-state index in [1.54, 1.807) is 0 Å². The molecule has 1 heterocycles. The number of carbonyl (C=O) groups is 1. The van der Waals surface area contributed by atoms with E-state index in [1.807, 2.05) is 13.8 Å². The van der Waals surface area contributed by atoms with Gasteiger partial charge in [-0.15, -0.1) is 0 Å². The molecule has 0 amide bonds. The average molecular weight is 318 g/mol. The van der Waals surface area contributed by atoms with E-state index in [2.05, 4.69) is 10.6 Å². The van der Waals surface area contributed by atoms with E-state index in [-0.39, 0.29) is 30.0 Å². The molecular formula is C15H18F4N2O. The lowest BCUT2D eigenvalue weighted by Crippen LogP contribution is -2.34. The molecule has 7 heteroatoms. The number of rotatable bonds is 6. The summed E-state index contributed by atoms with van der Waals surface area (Å²) in [5, 5.41) is 5.91. The Labute approximate surface area is 126 Å². The Kier molecular flexibility index (Phi) is 4.87. The van der Waals surface area contributed by atoms with Crippen LogP contribution in [0.5, 0.6) is 0 Å². The summed E-state index contributed by atoms with van der Waals surface area (Å²) in [6.45, 7) is 4.51. The predicted molar refractivity (Wildman–Crippen MR) is 74.1 cm³/mol. The normalized spacial score (nSPS) is 19.3. The van der Waals surface area contributed by atoms with Crippen molar-refractivity contribution in [1.82, 2.24) is 10.6 Å². The monoisotopic (exact) mass is 318 g/mol.